The highest BCUT2D eigenvalue weighted by Gasteiger charge is 2.13. The number of aromatic hydroxyl groups is 1. The number of nitrogens with one attached hydrogen (secondary N) is 1. The molecule has 1 unspecified atom stereocenters. The van der Waals surface area contributed by atoms with Gasteiger partial charge in [-0.15, -0.1) is 0 Å². The van der Waals surface area contributed by atoms with E-state index in [0.717, 1.165) is 22.2 Å². The highest BCUT2D eigenvalue weighted by molar-refractivity contribution is 9.10. The molecule has 4 nitrogen and oxygen atoms in total. The Morgan fingerprint density at radius 1 is 1.37 bits per heavy atom. The van der Waals surface area contributed by atoms with Crippen molar-refractivity contribution in [2.24, 2.45) is 0 Å². The van der Waals surface area contributed by atoms with E-state index in [1.165, 1.54) is 0 Å². The van der Waals surface area contributed by atoms with Crippen molar-refractivity contribution in [2.45, 2.75) is 25.9 Å². The van der Waals surface area contributed by atoms with Gasteiger partial charge in [0.05, 0.1) is 5.69 Å². The monoisotopic (exact) mass is 321 g/mol. The number of nitrogens with zero attached hydrogens (tertiary/aromatic N) is 2. The zero-order chi connectivity index (χ0) is 13.7. The van der Waals surface area contributed by atoms with Gasteiger partial charge >= 0.3 is 0 Å². The molecule has 100 valence electrons. The van der Waals surface area contributed by atoms with Crippen molar-refractivity contribution in [1.82, 2.24) is 15.5 Å². The van der Waals surface area contributed by atoms with E-state index in [4.69, 9.17) is 0 Å². The quantitative estimate of drug-likeness (QED) is 0.888. The molecular weight excluding hydrogens is 306 g/mol. The van der Waals surface area contributed by atoms with Gasteiger partial charge in [0, 0.05) is 28.8 Å². The molecule has 0 fully saturated rings. The zero-order valence-electron chi connectivity index (χ0n) is 10.7. The molecule has 0 spiro atoms. The average molecular weight is 322 g/mol. The minimum Gasteiger partial charge on any atom is -0.508 e. The molecule has 0 aliphatic rings. The fourth-order valence-electron chi connectivity index (χ4n) is 1.93. The van der Waals surface area contributed by atoms with Gasteiger partial charge in [-0.1, -0.05) is 22.9 Å². The first-order chi connectivity index (χ1) is 9.20. The molecular formula is C14H16BrN3O. The summed E-state index contributed by atoms with van der Waals surface area (Å²) in [6.07, 6.45) is 2.53. The van der Waals surface area contributed by atoms with Gasteiger partial charge in [0.25, 0.3) is 0 Å². The summed E-state index contributed by atoms with van der Waals surface area (Å²) in [5.74, 6) is 0.307. The highest BCUT2D eigenvalue weighted by Crippen LogP contribution is 2.29. The van der Waals surface area contributed by atoms with Crippen molar-refractivity contribution in [3.63, 3.8) is 0 Å². The van der Waals surface area contributed by atoms with Gasteiger partial charge in [-0.25, -0.2) is 0 Å². The standard InChI is InChI=1S/C14H16BrN3O/c1-2-13(12-8-10(15)5-6-14(12)19)16-9-11-4-3-7-17-18-11/h3-8,13,16,19H,2,9H2,1H3. The van der Waals surface area contributed by atoms with Gasteiger partial charge in [0.15, 0.2) is 0 Å². The van der Waals surface area contributed by atoms with Crippen LogP contribution in [0.2, 0.25) is 0 Å². The number of benzene rings is 1. The van der Waals surface area contributed by atoms with Crippen molar-refractivity contribution in [3.8, 4) is 5.75 Å². The van der Waals surface area contributed by atoms with Crippen molar-refractivity contribution >= 4 is 15.9 Å². The van der Waals surface area contributed by atoms with Crippen LogP contribution in [0.3, 0.4) is 0 Å². The van der Waals surface area contributed by atoms with Crippen LogP contribution >= 0.6 is 15.9 Å². The Morgan fingerprint density at radius 3 is 2.89 bits per heavy atom. The summed E-state index contributed by atoms with van der Waals surface area (Å²) in [5, 5.41) is 21.2. The third-order valence-corrected chi connectivity index (χ3v) is 3.42. The van der Waals surface area contributed by atoms with Crippen LogP contribution in [0, 0.1) is 0 Å². The Hall–Kier alpha value is -1.46. The second kappa shape index (κ2) is 6.63. The number of phenols is 1. The van der Waals surface area contributed by atoms with E-state index < -0.39 is 0 Å². The highest BCUT2D eigenvalue weighted by atomic mass is 79.9. The molecule has 0 amide bonds. The van der Waals surface area contributed by atoms with E-state index in [1.807, 2.05) is 24.3 Å². The first-order valence-corrected chi connectivity index (χ1v) is 6.98. The van der Waals surface area contributed by atoms with E-state index in [0.29, 0.717) is 12.3 Å². The molecule has 1 heterocycles. The lowest BCUT2D eigenvalue weighted by molar-refractivity contribution is 0.439. The van der Waals surface area contributed by atoms with Crippen LogP contribution in [-0.2, 0) is 6.54 Å². The first-order valence-electron chi connectivity index (χ1n) is 6.19. The zero-order valence-corrected chi connectivity index (χ0v) is 12.3. The average Bonchev–Trinajstić information content (AvgIpc) is 2.44. The van der Waals surface area contributed by atoms with Gasteiger partial charge in [-0.2, -0.15) is 10.2 Å². The summed E-state index contributed by atoms with van der Waals surface area (Å²) in [6.45, 7) is 2.70. The van der Waals surface area contributed by atoms with Crippen LogP contribution in [0.1, 0.15) is 30.6 Å². The molecule has 19 heavy (non-hydrogen) atoms. The summed E-state index contributed by atoms with van der Waals surface area (Å²) in [7, 11) is 0. The van der Waals surface area contributed by atoms with Gasteiger partial charge in [-0.3, -0.25) is 0 Å². The Kier molecular flexibility index (Phi) is 4.87. The lowest BCUT2D eigenvalue weighted by atomic mass is 10.0. The largest absolute Gasteiger partial charge is 0.508 e. The predicted molar refractivity (Wildman–Crippen MR) is 77.7 cm³/mol. The van der Waals surface area contributed by atoms with Crippen molar-refractivity contribution in [1.29, 1.82) is 0 Å². The van der Waals surface area contributed by atoms with Crippen molar-refractivity contribution in [3.05, 3.63) is 52.3 Å². The summed E-state index contributed by atoms with van der Waals surface area (Å²) < 4.78 is 0.958. The van der Waals surface area contributed by atoms with Crippen LogP contribution < -0.4 is 5.32 Å². The van der Waals surface area contributed by atoms with Crippen LogP contribution in [0.5, 0.6) is 5.75 Å². The van der Waals surface area contributed by atoms with E-state index in [-0.39, 0.29) is 6.04 Å². The Morgan fingerprint density at radius 2 is 2.21 bits per heavy atom. The predicted octanol–water partition coefficient (Wildman–Crippen LogP) is 3.19. The number of aromatic nitrogens is 2. The topological polar surface area (TPSA) is 58.0 Å². The first kappa shape index (κ1) is 14.0. The minimum atomic E-state index is 0.0829. The summed E-state index contributed by atoms with van der Waals surface area (Å²) in [6, 6.07) is 9.34. The lowest BCUT2D eigenvalue weighted by Gasteiger charge is -2.18. The van der Waals surface area contributed by atoms with E-state index in [9.17, 15) is 5.11 Å². The van der Waals surface area contributed by atoms with E-state index in [1.54, 1.807) is 12.3 Å². The third-order valence-electron chi connectivity index (χ3n) is 2.93. The smallest absolute Gasteiger partial charge is 0.120 e. The van der Waals surface area contributed by atoms with Gasteiger partial charge in [0.1, 0.15) is 5.75 Å². The molecule has 1 aromatic heterocycles. The Bertz CT molecular complexity index is 533. The fourth-order valence-corrected chi connectivity index (χ4v) is 2.31. The maximum absolute atomic E-state index is 9.94. The third kappa shape index (κ3) is 3.75. The molecule has 2 rings (SSSR count). The number of halogens is 1. The molecule has 1 atom stereocenters. The van der Waals surface area contributed by atoms with E-state index in [2.05, 4.69) is 38.4 Å². The molecule has 0 saturated heterocycles. The van der Waals surface area contributed by atoms with Crippen molar-refractivity contribution in [2.75, 3.05) is 0 Å². The van der Waals surface area contributed by atoms with Crippen molar-refractivity contribution < 1.29 is 5.11 Å². The maximum atomic E-state index is 9.94. The number of hydrogen-bond acceptors (Lipinski definition) is 4. The summed E-state index contributed by atoms with van der Waals surface area (Å²) >= 11 is 3.43. The molecule has 1 aromatic carbocycles. The van der Waals surface area contributed by atoms with Gasteiger partial charge < -0.3 is 10.4 Å². The van der Waals surface area contributed by atoms with Crippen LogP contribution in [0.15, 0.2) is 41.0 Å². The minimum absolute atomic E-state index is 0.0829. The number of hydrogen-bond donors (Lipinski definition) is 2. The summed E-state index contributed by atoms with van der Waals surface area (Å²) in [4.78, 5) is 0. The Balaban J connectivity index is 2.10. The molecule has 2 N–H and O–H groups in total. The van der Waals surface area contributed by atoms with Crippen LogP contribution in [-0.4, -0.2) is 15.3 Å². The molecule has 0 radical (unpaired) electrons. The summed E-state index contributed by atoms with van der Waals surface area (Å²) in [5.41, 5.74) is 1.77. The van der Waals surface area contributed by atoms with Crippen LogP contribution in [0.25, 0.3) is 0 Å². The molecule has 0 saturated carbocycles. The van der Waals surface area contributed by atoms with Crippen LogP contribution in [0.4, 0.5) is 0 Å². The van der Waals surface area contributed by atoms with E-state index >= 15 is 0 Å². The number of rotatable bonds is 5. The lowest BCUT2D eigenvalue weighted by Crippen LogP contribution is -2.21. The second-order valence-corrected chi connectivity index (χ2v) is 5.18. The normalized spacial score (nSPS) is 12.3. The van der Waals surface area contributed by atoms with Gasteiger partial charge in [-0.05, 0) is 36.8 Å². The molecule has 5 heteroatoms. The number of phenolic OH excluding ortho intramolecular Hbond substituents is 1. The maximum Gasteiger partial charge on any atom is 0.120 e. The Labute approximate surface area is 121 Å². The fraction of sp³-hybridized carbons (Fsp3) is 0.286. The second-order valence-electron chi connectivity index (χ2n) is 4.26. The van der Waals surface area contributed by atoms with Gasteiger partial charge in [0.2, 0.25) is 0 Å². The molecule has 2 aromatic rings. The molecule has 0 aliphatic heterocycles. The molecule has 0 bridgehead atoms. The molecule has 0 aliphatic carbocycles. The SMILES string of the molecule is CCC(NCc1cccnn1)c1cc(Br)ccc1O.